The monoisotopic (exact) mass is 400 g/mol. The molecule has 29 heavy (non-hydrogen) atoms. The van der Waals surface area contributed by atoms with Gasteiger partial charge in [-0.25, -0.2) is 0 Å². The molecule has 2 aromatic rings. The second-order valence-corrected chi connectivity index (χ2v) is 6.83. The van der Waals surface area contributed by atoms with E-state index in [1.807, 2.05) is 0 Å². The van der Waals surface area contributed by atoms with Gasteiger partial charge < -0.3 is 14.2 Å². The van der Waals surface area contributed by atoms with E-state index in [1.54, 1.807) is 55.6 Å². The summed E-state index contributed by atoms with van der Waals surface area (Å²) >= 11 is 0. The van der Waals surface area contributed by atoms with Crippen LogP contribution in [0.25, 0.3) is 0 Å². The zero-order chi connectivity index (χ0) is 21.1. The van der Waals surface area contributed by atoms with Crippen LogP contribution >= 0.6 is 0 Å². The molecule has 0 spiro atoms. The highest BCUT2D eigenvalue weighted by molar-refractivity contribution is 5.95. The first kappa shape index (κ1) is 22.1. The quantitative estimate of drug-likeness (QED) is 0.598. The van der Waals surface area contributed by atoms with E-state index in [4.69, 9.17) is 14.2 Å². The van der Waals surface area contributed by atoms with Crippen LogP contribution in [0, 0.1) is 5.92 Å². The second kappa shape index (κ2) is 11.6. The fourth-order valence-electron chi connectivity index (χ4n) is 2.31. The van der Waals surface area contributed by atoms with Crippen LogP contribution < -0.4 is 25.1 Å². The average Bonchev–Trinajstić information content (AvgIpc) is 2.73. The van der Waals surface area contributed by atoms with E-state index >= 15 is 0 Å². The summed E-state index contributed by atoms with van der Waals surface area (Å²) in [6, 6.07) is 13.8. The van der Waals surface area contributed by atoms with Crippen molar-refractivity contribution in [3.63, 3.8) is 0 Å². The Balaban J connectivity index is 1.67. The number of carbonyl (C=O) groups is 2. The molecule has 0 aliphatic carbocycles. The topological polar surface area (TPSA) is 85.9 Å². The Hall–Kier alpha value is -3.22. The van der Waals surface area contributed by atoms with E-state index in [9.17, 15) is 9.59 Å². The van der Waals surface area contributed by atoms with Crippen LogP contribution in [-0.4, -0.2) is 32.1 Å². The Morgan fingerprint density at radius 1 is 0.828 bits per heavy atom. The van der Waals surface area contributed by atoms with Gasteiger partial charge in [0.1, 0.15) is 17.2 Å². The van der Waals surface area contributed by atoms with Crippen LogP contribution in [0.2, 0.25) is 0 Å². The van der Waals surface area contributed by atoms with Crippen molar-refractivity contribution in [2.75, 3.05) is 20.3 Å². The Morgan fingerprint density at radius 2 is 1.38 bits per heavy atom. The average molecular weight is 400 g/mol. The SMILES string of the molecule is COc1ccc(OCCC(=O)NNC(=O)c2ccc(OCCC(C)C)cc2)cc1. The molecule has 0 heterocycles. The molecule has 0 fully saturated rings. The van der Waals surface area contributed by atoms with Gasteiger partial charge in [0.2, 0.25) is 5.91 Å². The third-order valence-corrected chi connectivity index (χ3v) is 4.05. The van der Waals surface area contributed by atoms with Crippen molar-refractivity contribution in [1.29, 1.82) is 0 Å². The molecule has 0 aliphatic heterocycles. The summed E-state index contributed by atoms with van der Waals surface area (Å²) < 4.78 is 16.2. The molecule has 2 amide bonds. The highest BCUT2D eigenvalue weighted by Gasteiger charge is 2.08. The summed E-state index contributed by atoms with van der Waals surface area (Å²) in [4.78, 5) is 24.0. The van der Waals surface area contributed by atoms with Gasteiger partial charge in [0, 0.05) is 5.56 Å². The minimum atomic E-state index is -0.400. The van der Waals surface area contributed by atoms with Crippen LogP contribution in [0.15, 0.2) is 48.5 Å². The molecule has 7 heteroatoms. The number of hydrazine groups is 1. The van der Waals surface area contributed by atoms with Crippen LogP contribution in [0.4, 0.5) is 0 Å². The smallest absolute Gasteiger partial charge is 0.269 e. The molecule has 0 unspecified atom stereocenters. The molecule has 156 valence electrons. The zero-order valence-electron chi connectivity index (χ0n) is 17.1. The number of methoxy groups -OCH3 is 1. The maximum atomic E-state index is 12.1. The summed E-state index contributed by atoms with van der Waals surface area (Å²) in [6.07, 6.45) is 1.07. The minimum Gasteiger partial charge on any atom is -0.497 e. The number of hydrogen-bond acceptors (Lipinski definition) is 5. The van der Waals surface area contributed by atoms with E-state index in [-0.39, 0.29) is 18.9 Å². The number of nitrogens with one attached hydrogen (secondary N) is 2. The molecule has 7 nitrogen and oxygen atoms in total. The largest absolute Gasteiger partial charge is 0.497 e. The number of carbonyl (C=O) groups excluding carboxylic acids is 2. The van der Waals surface area contributed by atoms with Crippen LogP contribution in [0.5, 0.6) is 17.2 Å². The maximum Gasteiger partial charge on any atom is 0.269 e. The van der Waals surface area contributed by atoms with E-state index in [0.717, 1.165) is 12.2 Å². The van der Waals surface area contributed by atoms with Gasteiger partial charge in [-0.15, -0.1) is 0 Å². The lowest BCUT2D eigenvalue weighted by molar-refractivity contribution is -0.122. The predicted octanol–water partition coefficient (Wildman–Crippen LogP) is 3.35. The molecular weight excluding hydrogens is 372 g/mol. The molecular formula is C22H28N2O5. The van der Waals surface area contributed by atoms with Crippen molar-refractivity contribution in [3.05, 3.63) is 54.1 Å². The molecule has 2 aromatic carbocycles. The first-order chi connectivity index (χ1) is 14.0. The summed E-state index contributed by atoms with van der Waals surface area (Å²) in [5, 5.41) is 0. The lowest BCUT2D eigenvalue weighted by Gasteiger charge is -2.10. The van der Waals surface area contributed by atoms with Crippen molar-refractivity contribution in [3.8, 4) is 17.2 Å². The highest BCUT2D eigenvalue weighted by Crippen LogP contribution is 2.17. The fourth-order valence-corrected chi connectivity index (χ4v) is 2.31. The van der Waals surface area contributed by atoms with Crippen LogP contribution in [0.3, 0.4) is 0 Å². The number of hydrogen-bond donors (Lipinski definition) is 2. The van der Waals surface area contributed by atoms with E-state index in [2.05, 4.69) is 24.7 Å². The lowest BCUT2D eigenvalue weighted by Crippen LogP contribution is -2.42. The molecule has 0 saturated heterocycles. The molecule has 2 N–H and O–H groups in total. The Kier molecular flexibility index (Phi) is 8.82. The Labute approximate surface area is 171 Å². The van der Waals surface area contributed by atoms with Gasteiger partial charge in [0.05, 0.1) is 26.7 Å². The second-order valence-electron chi connectivity index (χ2n) is 6.83. The third kappa shape index (κ3) is 8.13. The first-order valence-electron chi connectivity index (χ1n) is 9.57. The summed E-state index contributed by atoms with van der Waals surface area (Å²) in [5.74, 6) is 1.90. The zero-order valence-corrected chi connectivity index (χ0v) is 17.1. The lowest BCUT2D eigenvalue weighted by atomic mass is 10.1. The Morgan fingerprint density at radius 3 is 1.97 bits per heavy atom. The molecule has 0 bridgehead atoms. The summed E-state index contributed by atoms with van der Waals surface area (Å²) in [7, 11) is 1.59. The van der Waals surface area contributed by atoms with E-state index < -0.39 is 5.91 Å². The predicted molar refractivity (Wildman–Crippen MR) is 110 cm³/mol. The van der Waals surface area contributed by atoms with E-state index in [0.29, 0.717) is 29.6 Å². The summed E-state index contributed by atoms with van der Waals surface area (Å²) in [5.41, 5.74) is 5.19. The van der Waals surface area contributed by atoms with Crippen molar-refractivity contribution in [2.24, 2.45) is 5.92 Å². The molecule has 0 aromatic heterocycles. The van der Waals surface area contributed by atoms with Gasteiger partial charge in [0.25, 0.3) is 5.91 Å². The highest BCUT2D eigenvalue weighted by atomic mass is 16.5. The maximum absolute atomic E-state index is 12.1. The van der Waals surface area contributed by atoms with Crippen LogP contribution in [0.1, 0.15) is 37.0 Å². The molecule has 2 rings (SSSR count). The van der Waals surface area contributed by atoms with Crippen molar-refractivity contribution in [2.45, 2.75) is 26.7 Å². The van der Waals surface area contributed by atoms with Gasteiger partial charge in [-0.05, 0) is 60.9 Å². The van der Waals surface area contributed by atoms with Gasteiger partial charge in [-0.3, -0.25) is 20.4 Å². The van der Waals surface area contributed by atoms with Crippen LogP contribution in [-0.2, 0) is 4.79 Å². The minimum absolute atomic E-state index is 0.106. The van der Waals surface area contributed by atoms with Crippen molar-refractivity contribution >= 4 is 11.8 Å². The molecule has 0 aliphatic rings. The summed E-state index contributed by atoms with van der Waals surface area (Å²) in [6.45, 7) is 5.10. The molecule has 0 radical (unpaired) electrons. The molecule has 0 atom stereocenters. The fraction of sp³-hybridized carbons (Fsp3) is 0.364. The Bertz CT molecular complexity index is 773. The third-order valence-electron chi connectivity index (χ3n) is 4.05. The van der Waals surface area contributed by atoms with E-state index in [1.165, 1.54) is 0 Å². The van der Waals surface area contributed by atoms with Gasteiger partial charge in [0.15, 0.2) is 0 Å². The first-order valence-corrected chi connectivity index (χ1v) is 9.57. The molecule has 0 saturated carbocycles. The van der Waals surface area contributed by atoms with Gasteiger partial charge in [-0.2, -0.15) is 0 Å². The normalized spacial score (nSPS) is 10.3. The van der Waals surface area contributed by atoms with Gasteiger partial charge >= 0.3 is 0 Å². The number of amides is 2. The number of benzene rings is 2. The van der Waals surface area contributed by atoms with Crippen molar-refractivity contribution in [1.82, 2.24) is 10.9 Å². The number of rotatable bonds is 10. The van der Waals surface area contributed by atoms with Crippen molar-refractivity contribution < 1.29 is 23.8 Å². The number of ether oxygens (including phenoxy) is 3. The van der Waals surface area contributed by atoms with Gasteiger partial charge in [-0.1, -0.05) is 13.8 Å². The standard InChI is InChI=1S/C22H28N2O5/c1-16(2)12-14-28-19-6-4-17(5-7-19)22(26)24-23-21(25)13-15-29-20-10-8-18(27-3)9-11-20/h4-11,16H,12-15H2,1-3H3,(H,23,25)(H,24,26).